The number of aryl methyl sites for hydroxylation is 1. The van der Waals surface area contributed by atoms with Crippen LogP contribution in [0.5, 0.6) is 5.75 Å². The van der Waals surface area contributed by atoms with E-state index in [1.165, 1.54) is 23.7 Å². The van der Waals surface area contributed by atoms with Crippen LogP contribution in [0.3, 0.4) is 0 Å². The summed E-state index contributed by atoms with van der Waals surface area (Å²) in [5.41, 5.74) is 2.33. The lowest BCUT2D eigenvalue weighted by atomic mass is 10.2. The number of carbonyl (C=O) groups is 1. The third kappa shape index (κ3) is 4.80. The van der Waals surface area contributed by atoms with Crippen LogP contribution in [0.25, 0.3) is 10.9 Å². The minimum Gasteiger partial charge on any atom is -0.484 e. The van der Waals surface area contributed by atoms with E-state index < -0.39 is 0 Å². The first-order chi connectivity index (χ1) is 14.2. The molecule has 0 bridgehead atoms. The molecule has 1 aromatic heterocycles. The third-order valence-electron chi connectivity index (χ3n) is 5.75. The summed E-state index contributed by atoms with van der Waals surface area (Å²) in [6.07, 6.45) is 2.52. The molecule has 1 saturated heterocycles. The Bertz CT molecular complexity index is 945. The molecule has 0 unspecified atom stereocenters. The molecule has 0 spiro atoms. The van der Waals surface area contributed by atoms with Crippen LogP contribution in [-0.2, 0) is 18.4 Å². The summed E-state index contributed by atoms with van der Waals surface area (Å²) < 4.78 is 7.92. The van der Waals surface area contributed by atoms with Gasteiger partial charge in [-0.25, -0.2) is 0 Å². The Morgan fingerprint density at radius 3 is 2.52 bits per heavy atom. The molecule has 1 aliphatic rings. The number of rotatable bonds is 8. The summed E-state index contributed by atoms with van der Waals surface area (Å²) in [7, 11) is 2.07. The molecule has 1 aliphatic heterocycles. The minimum absolute atomic E-state index is 0.0262. The number of likely N-dealkylation sites (tertiary alicyclic amines) is 1. The van der Waals surface area contributed by atoms with Gasteiger partial charge in [0.25, 0.3) is 5.91 Å². The van der Waals surface area contributed by atoms with Crippen molar-refractivity contribution in [3.63, 3.8) is 0 Å². The molecule has 2 aromatic carbocycles. The molecule has 3 aromatic rings. The Balaban J connectivity index is 1.47. The van der Waals surface area contributed by atoms with Crippen LogP contribution in [-0.4, -0.2) is 53.1 Å². The molecule has 152 valence electrons. The molecule has 0 N–H and O–H groups in total. The van der Waals surface area contributed by atoms with Crippen molar-refractivity contribution in [2.75, 3.05) is 32.8 Å². The second kappa shape index (κ2) is 9.14. The number of hydrogen-bond donors (Lipinski definition) is 0. The smallest absolute Gasteiger partial charge is 0.260 e. The molecule has 5 heteroatoms. The Morgan fingerprint density at radius 2 is 1.76 bits per heavy atom. The van der Waals surface area contributed by atoms with E-state index in [9.17, 15) is 4.79 Å². The van der Waals surface area contributed by atoms with E-state index in [0.29, 0.717) is 6.54 Å². The fourth-order valence-corrected chi connectivity index (χ4v) is 4.01. The van der Waals surface area contributed by atoms with Crippen molar-refractivity contribution in [2.45, 2.75) is 19.4 Å². The number of benzene rings is 2. The number of hydrogen-bond acceptors (Lipinski definition) is 3. The van der Waals surface area contributed by atoms with E-state index in [2.05, 4.69) is 46.8 Å². The molecule has 1 fully saturated rings. The largest absolute Gasteiger partial charge is 0.484 e. The zero-order valence-corrected chi connectivity index (χ0v) is 17.1. The molecule has 0 atom stereocenters. The molecule has 0 radical (unpaired) electrons. The van der Waals surface area contributed by atoms with Crippen LogP contribution < -0.4 is 4.74 Å². The third-order valence-corrected chi connectivity index (χ3v) is 5.75. The summed E-state index contributed by atoms with van der Waals surface area (Å²) in [5.74, 6) is 0.753. The van der Waals surface area contributed by atoms with E-state index in [0.717, 1.165) is 37.6 Å². The van der Waals surface area contributed by atoms with Gasteiger partial charge in [0, 0.05) is 31.3 Å². The van der Waals surface area contributed by atoms with Crippen molar-refractivity contribution in [1.29, 1.82) is 0 Å². The van der Waals surface area contributed by atoms with E-state index >= 15 is 0 Å². The van der Waals surface area contributed by atoms with Gasteiger partial charge in [0.2, 0.25) is 0 Å². The summed E-state index contributed by atoms with van der Waals surface area (Å²) >= 11 is 0. The Hall–Kier alpha value is -2.79. The fraction of sp³-hybridized carbons (Fsp3) is 0.375. The number of amides is 1. The van der Waals surface area contributed by atoms with Crippen LogP contribution in [0.4, 0.5) is 0 Å². The van der Waals surface area contributed by atoms with Crippen LogP contribution in [0.2, 0.25) is 0 Å². The van der Waals surface area contributed by atoms with Crippen LogP contribution in [0, 0.1) is 0 Å². The van der Waals surface area contributed by atoms with Crippen LogP contribution in [0.15, 0.2) is 60.7 Å². The minimum atomic E-state index is 0.0262. The van der Waals surface area contributed by atoms with E-state index in [-0.39, 0.29) is 12.5 Å². The zero-order valence-electron chi connectivity index (χ0n) is 17.1. The lowest BCUT2D eigenvalue weighted by Crippen LogP contribution is -2.40. The zero-order chi connectivity index (χ0) is 20.1. The average molecular weight is 392 g/mol. The monoisotopic (exact) mass is 391 g/mol. The lowest BCUT2D eigenvalue weighted by molar-refractivity contribution is -0.134. The first-order valence-electron chi connectivity index (χ1n) is 10.4. The van der Waals surface area contributed by atoms with Gasteiger partial charge in [-0.3, -0.25) is 4.79 Å². The van der Waals surface area contributed by atoms with Gasteiger partial charge >= 0.3 is 0 Å². The van der Waals surface area contributed by atoms with Crippen molar-refractivity contribution < 1.29 is 9.53 Å². The Labute approximate surface area is 172 Å². The van der Waals surface area contributed by atoms with Gasteiger partial charge in [0.05, 0.1) is 6.54 Å². The van der Waals surface area contributed by atoms with Gasteiger partial charge in [-0.1, -0.05) is 36.4 Å². The van der Waals surface area contributed by atoms with Crippen LogP contribution >= 0.6 is 0 Å². The highest BCUT2D eigenvalue weighted by molar-refractivity contribution is 5.82. The number of para-hydroxylation sites is 2. The number of fused-ring (bicyclic) bond motifs is 1. The topological polar surface area (TPSA) is 37.7 Å². The second-order valence-corrected chi connectivity index (χ2v) is 7.72. The molecule has 5 nitrogen and oxygen atoms in total. The van der Waals surface area contributed by atoms with Crippen molar-refractivity contribution in [2.24, 2.45) is 7.05 Å². The first kappa shape index (κ1) is 19.5. The Kier molecular flexibility index (Phi) is 6.15. The highest BCUT2D eigenvalue weighted by Crippen LogP contribution is 2.20. The van der Waals surface area contributed by atoms with Gasteiger partial charge in [-0.05, 0) is 55.6 Å². The predicted octanol–water partition coefficient (Wildman–Crippen LogP) is 3.68. The van der Waals surface area contributed by atoms with Crippen molar-refractivity contribution in [3.8, 4) is 5.75 Å². The molecule has 0 aliphatic carbocycles. The van der Waals surface area contributed by atoms with Gasteiger partial charge in [0.15, 0.2) is 6.61 Å². The normalized spacial score (nSPS) is 14.4. The summed E-state index contributed by atoms with van der Waals surface area (Å²) in [5, 5.41) is 1.21. The molecular formula is C24H29N3O2. The van der Waals surface area contributed by atoms with Gasteiger partial charge in [0.1, 0.15) is 5.75 Å². The Morgan fingerprint density at radius 1 is 1.03 bits per heavy atom. The maximum absolute atomic E-state index is 13.0. The summed E-state index contributed by atoms with van der Waals surface area (Å²) in [6, 6.07) is 20.1. The number of nitrogens with zero attached hydrogens (tertiary/aromatic N) is 3. The van der Waals surface area contributed by atoms with Gasteiger partial charge in [-0.2, -0.15) is 0 Å². The maximum atomic E-state index is 13.0. The highest BCUT2D eigenvalue weighted by Gasteiger charge is 2.19. The fourth-order valence-electron chi connectivity index (χ4n) is 4.01. The average Bonchev–Trinajstić information content (AvgIpc) is 3.38. The maximum Gasteiger partial charge on any atom is 0.260 e. The predicted molar refractivity (Wildman–Crippen MR) is 116 cm³/mol. The highest BCUT2D eigenvalue weighted by atomic mass is 16.5. The van der Waals surface area contributed by atoms with Crippen molar-refractivity contribution in [1.82, 2.24) is 14.4 Å². The summed E-state index contributed by atoms with van der Waals surface area (Å²) in [4.78, 5) is 17.4. The number of ether oxygens (including phenoxy) is 1. The second-order valence-electron chi connectivity index (χ2n) is 7.72. The lowest BCUT2D eigenvalue weighted by Gasteiger charge is -2.26. The molecule has 2 heterocycles. The van der Waals surface area contributed by atoms with Crippen LogP contribution in [0.1, 0.15) is 18.5 Å². The molecule has 4 rings (SSSR count). The van der Waals surface area contributed by atoms with E-state index in [1.807, 2.05) is 35.2 Å². The number of aromatic nitrogens is 1. The number of carbonyl (C=O) groups excluding carboxylic acids is 1. The first-order valence-corrected chi connectivity index (χ1v) is 10.4. The van der Waals surface area contributed by atoms with Crippen molar-refractivity contribution >= 4 is 16.8 Å². The standard InChI is InChI=1S/C24H29N3O2/c1-25-21(17-20-9-5-6-12-23(20)25)18-27(16-15-26-13-7-8-14-26)24(28)19-29-22-10-3-2-4-11-22/h2-6,9-12,17H,7-8,13-16,18-19H2,1H3. The van der Waals surface area contributed by atoms with Crippen molar-refractivity contribution in [3.05, 3.63) is 66.4 Å². The molecule has 29 heavy (non-hydrogen) atoms. The molecule has 1 amide bonds. The molecular weight excluding hydrogens is 362 g/mol. The molecule has 0 saturated carbocycles. The quantitative estimate of drug-likeness (QED) is 0.588. The van der Waals surface area contributed by atoms with E-state index in [4.69, 9.17) is 4.74 Å². The van der Waals surface area contributed by atoms with Gasteiger partial charge in [-0.15, -0.1) is 0 Å². The van der Waals surface area contributed by atoms with Gasteiger partial charge < -0.3 is 19.1 Å². The SMILES string of the molecule is Cn1c(CN(CCN2CCCC2)C(=O)COc2ccccc2)cc2ccccc21. The summed E-state index contributed by atoms with van der Waals surface area (Å²) in [6.45, 7) is 4.57. The van der Waals surface area contributed by atoms with E-state index in [1.54, 1.807) is 0 Å².